The predicted octanol–water partition coefficient (Wildman–Crippen LogP) is -0.300. The lowest BCUT2D eigenvalue weighted by Gasteiger charge is -2.32. The van der Waals surface area contributed by atoms with Gasteiger partial charge in [-0.15, -0.1) is 12.4 Å². The SMILES string of the molecule is CS(=O)(=O)N1CCCC(NC(=O)C2CCCN2)C1.Cl. The van der Waals surface area contributed by atoms with Crippen molar-refractivity contribution in [1.82, 2.24) is 14.9 Å². The lowest BCUT2D eigenvalue weighted by atomic mass is 10.1. The summed E-state index contributed by atoms with van der Waals surface area (Å²) < 4.78 is 24.4. The van der Waals surface area contributed by atoms with Crippen LogP contribution in [0.5, 0.6) is 0 Å². The van der Waals surface area contributed by atoms with E-state index in [4.69, 9.17) is 0 Å². The van der Waals surface area contributed by atoms with Crippen LogP contribution in [0.2, 0.25) is 0 Å². The molecule has 0 saturated carbocycles. The first kappa shape index (κ1) is 16.7. The number of hydrogen-bond donors (Lipinski definition) is 2. The van der Waals surface area contributed by atoms with E-state index in [0.29, 0.717) is 13.1 Å². The summed E-state index contributed by atoms with van der Waals surface area (Å²) in [5.41, 5.74) is 0. The molecule has 6 nitrogen and oxygen atoms in total. The quantitative estimate of drug-likeness (QED) is 0.750. The molecule has 2 unspecified atom stereocenters. The molecular formula is C11H22ClN3O3S. The predicted molar refractivity (Wildman–Crippen MR) is 75.9 cm³/mol. The minimum absolute atomic E-state index is 0. The van der Waals surface area contributed by atoms with Gasteiger partial charge < -0.3 is 10.6 Å². The fourth-order valence-electron chi connectivity index (χ4n) is 2.57. The minimum Gasteiger partial charge on any atom is -0.351 e. The van der Waals surface area contributed by atoms with Crippen LogP contribution in [-0.2, 0) is 14.8 Å². The van der Waals surface area contributed by atoms with E-state index >= 15 is 0 Å². The zero-order valence-corrected chi connectivity index (χ0v) is 12.7. The molecule has 112 valence electrons. The third-order valence-corrected chi connectivity index (χ3v) is 4.85. The van der Waals surface area contributed by atoms with Crippen molar-refractivity contribution in [3.05, 3.63) is 0 Å². The molecule has 2 N–H and O–H groups in total. The summed E-state index contributed by atoms with van der Waals surface area (Å²) in [7, 11) is -3.15. The van der Waals surface area contributed by atoms with E-state index in [1.165, 1.54) is 10.6 Å². The number of halogens is 1. The van der Waals surface area contributed by atoms with Crippen LogP contribution < -0.4 is 10.6 Å². The average molecular weight is 312 g/mol. The normalized spacial score (nSPS) is 28.7. The van der Waals surface area contributed by atoms with Crippen LogP contribution in [0.25, 0.3) is 0 Å². The molecule has 2 aliphatic rings. The van der Waals surface area contributed by atoms with Crippen LogP contribution in [0, 0.1) is 0 Å². The van der Waals surface area contributed by atoms with Crippen LogP contribution in [0.3, 0.4) is 0 Å². The monoisotopic (exact) mass is 311 g/mol. The van der Waals surface area contributed by atoms with Gasteiger partial charge in [0.1, 0.15) is 0 Å². The van der Waals surface area contributed by atoms with Crippen LogP contribution in [-0.4, -0.2) is 56.6 Å². The molecular weight excluding hydrogens is 290 g/mol. The first-order valence-electron chi connectivity index (χ1n) is 6.46. The summed E-state index contributed by atoms with van der Waals surface area (Å²) in [4.78, 5) is 11.9. The Morgan fingerprint density at radius 3 is 2.63 bits per heavy atom. The highest BCUT2D eigenvalue weighted by Gasteiger charge is 2.29. The van der Waals surface area contributed by atoms with Crippen LogP contribution >= 0.6 is 12.4 Å². The van der Waals surface area contributed by atoms with E-state index in [9.17, 15) is 13.2 Å². The maximum Gasteiger partial charge on any atom is 0.237 e. The van der Waals surface area contributed by atoms with E-state index in [-0.39, 0.29) is 30.4 Å². The number of nitrogens with zero attached hydrogens (tertiary/aromatic N) is 1. The van der Waals surface area contributed by atoms with Gasteiger partial charge in [0.05, 0.1) is 12.3 Å². The summed E-state index contributed by atoms with van der Waals surface area (Å²) in [6.07, 6.45) is 4.77. The van der Waals surface area contributed by atoms with Crippen molar-refractivity contribution in [1.29, 1.82) is 0 Å². The highest BCUT2D eigenvalue weighted by atomic mass is 35.5. The lowest BCUT2D eigenvalue weighted by molar-refractivity contribution is -0.123. The van der Waals surface area contributed by atoms with Gasteiger partial charge in [0, 0.05) is 19.1 Å². The molecule has 0 spiro atoms. The third-order valence-electron chi connectivity index (χ3n) is 3.58. The van der Waals surface area contributed by atoms with Gasteiger partial charge in [0.2, 0.25) is 15.9 Å². The van der Waals surface area contributed by atoms with E-state index < -0.39 is 10.0 Å². The number of rotatable bonds is 3. The Kier molecular flexibility index (Phi) is 6.04. The molecule has 0 aromatic heterocycles. The molecule has 0 bridgehead atoms. The van der Waals surface area contributed by atoms with Gasteiger partial charge in [-0.1, -0.05) is 0 Å². The van der Waals surface area contributed by atoms with Gasteiger partial charge >= 0.3 is 0 Å². The van der Waals surface area contributed by atoms with Crippen molar-refractivity contribution in [3.8, 4) is 0 Å². The Hall–Kier alpha value is -0.370. The van der Waals surface area contributed by atoms with Crippen LogP contribution in [0.4, 0.5) is 0 Å². The van der Waals surface area contributed by atoms with Crippen molar-refractivity contribution in [3.63, 3.8) is 0 Å². The topological polar surface area (TPSA) is 78.5 Å². The third kappa shape index (κ3) is 4.59. The molecule has 2 rings (SSSR count). The van der Waals surface area contributed by atoms with Gasteiger partial charge in [0.25, 0.3) is 0 Å². The van der Waals surface area contributed by atoms with Crippen molar-refractivity contribution >= 4 is 28.3 Å². The first-order valence-corrected chi connectivity index (χ1v) is 8.30. The smallest absolute Gasteiger partial charge is 0.237 e. The molecule has 0 radical (unpaired) electrons. The second-order valence-electron chi connectivity index (χ2n) is 5.12. The summed E-state index contributed by atoms with van der Waals surface area (Å²) >= 11 is 0. The maximum atomic E-state index is 11.9. The van der Waals surface area contributed by atoms with Crippen molar-refractivity contribution in [2.24, 2.45) is 0 Å². The molecule has 2 aliphatic heterocycles. The van der Waals surface area contributed by atoms with Crippen LogP contribution in [0.15, 0.2) is 0 Å². The fourth-order valence-corrected chi connectivity index (χ4v) is 3.48. The number of nitrogens with one attached hydrogen (secondary N) is 2. The number of piperidine rings is 1. The Labute approximate surface area is 120 Å². The summed E-state index contributed by atoms with van der Waals surface area (Å²) in [6, 6.07) is -0.151. The second kappa shape index (κ2) is 6.88. The molecule has 2 atom stereocenters. The summed E-state index contributed by atoms with van der Waals surface area (Å²) in [5.74, 6) is 0.00727. The molecule has 2 saturated heterocycles. The highest BCUT2D eigenvalue weighted by molar-refractivity contribution is 7.88. The van der Waals surface area contributed by atoms with Crippen molar-refractivity contribution in [2.45, 2.75) is 37.8 Å². The molecule has 8 heteroatoms. The molecule has 0 aliphatic carbocycles. The molecule has 1 amide bonds. The Morgan fingerprint density at radius 2 is 2.05 bits per heavy atom. The molecule has 2 fully saturated rings. The van der Waals surface area contributed by atoms with Gasteiger partial charge in [0.15, 0.2) is 0 Å². The molecule has 19 heavy (non-hydrogen) atoms. The molecule has 2 heterocycles. The molecule has 0 aromatic carbocycles. The largest absolute Gasteiger partial charge is 0.351 e. The number of amides is 1. The fraction of sp³-hybridized carbons (Fsp3) is 0.909. The Morgan fingerprint density at radius 1 is 1.32 bits per heavy atom. The minimum atomic E-state index is -3.15. The Balaban J connectivity index is 0.00000180. The highest BCUT2D eigenvalue weighted by Crippen LogP contribution is 2.14. The van der Waals surface area contributed by atoms with Gasteiger partial charge in [-0.3, -0.25) is 4.79 Å². The average Bonchev–Trinajstić information content (AvgIpc) is 2.81. The number of carbonyl (C=O) groups is 1. The zero-order valence-electron chi connectivity index (χ0n) is 11.1. The zero-order chi connectivity index (χ0) is 13.2. The molecule has 0 aromatic rings. The van der Waals surface area contributed by atoms with Gasteiger partial charge in [-0.2, -0.15) is 0 Å². The van der Waals surface area contributed by atoms with E-state index in [2.05, 4.69) is 10.6 Å². The first-order chi connectivity index (χ1) is 8.47. The maximum absolute atomic E-state index is 11.9. The van der Waals surface area contributed by atoms with E-state index in [1.54, 1.807) is 0 Å². The van der Waals surface area contributed by atoms with Crippen molar-refractivity contribution < 1.29 is 13.2 Å². The Bertz CT molecular complexity index is 409. The number of hydrogen-bond acceptors (Lipinski definition) is 4. The van der Waals surface area contributed by atoms with Gasteiger partial charge in [-0.25, -0.2) is 12.7 Å². The second-order valence-corrected chi connectivity index (χ2v) is 7.10. The number of sulfonamides is 1. The standard InChI is InChI=1S/C11H21N3O3S.ClH/c1-18(16,17)14-7-3-4-9(8-14)13-11(15)10-5-2-6-12-10;/h9-10,12H,2-8H2,1H3,(H,13,15);1H. The van der Waals surface area contributed by atoms with Crippen molar-refractivity contribution in [2.75, 3.05) is 25.9 Å². The van der Waals surface area contributed by atoms with E-state index in [1.807, 2.05) is 0 Å². The van der Waals surface area contributed by atoms with E-state index in [0.717, 1.165) is 32.2 Å². The lowest BCUT2D eigenvalue weighted by Crippen LogP contribution is -2.52. The van der Waals surface area contributed by atoms with Gasteiger partial charge in [-0.05, 0) is 32.2 Å². The summed E-state index contributed by atoms with van der Waals surface area (Å²) in [6.45, 7) is 1.85. The van der Waals surface area contributed by atoms with Crippen LogP contribution in [0.1, 0.15) is 25.7 Å². The summed E-state index contributed by atoms with van der Waals surface area (Å²) in [5, 5.41) is 6.10. The number of carbonyl (C=O) groups excluding carboxylic acids is 1.